The second kappa shape index (κ2) is 8.66. The largest absolute Gasteiger partial charge is 0.385 e. The third kappa shape index (κ3) is 3.77. The SMILES string of the molecule is C=CCn1c(SCCCOC)nc2sc(-c3ccccc3)c(C)c2c1=O. The van der Waals surface area contributed by atoms with Crippen molar-refractivity contribution in [3.63, 3.8) is 0 Å². The number of hydrogen-bond donors (Lipinski definition) is 0. The number of benzene rings is 1. The maximum Gasteiger partial charge on any atom is 0.263 e. The molecule has 0 radical (unpaired) electrons. The van der Waals surface area contributed by atoms with Crippen LogP contribution in [0.25, 0.3) is 20.7 Å². The van der Waals surface area contributed by atoms with Gasteiger partial charge < -0.3 is 4.74 Å². The van der Waals surface area contributed by atoms with Crippen molar-refractivity contribution < 1.29 is 4.74 Å². The van der Waals surface area contributed by atoms with Crippen molar-refractivity contribution in [3.8, 4) is 10.4 Å². The van der Waals surface area contributed by atoms with Crippen molar-refractivity contribution in [1.29, 1.82) is 0 Å². The number of aryl methyl sites for hydroxylation is 1. The molecule has 0 aliphatic carbocycles. The van der Waals surface area contributed by atoms with E-state index in [0.717, 1.165) is 43.6 Å². The quantitative estimate of drug-likeness (QED) is 0.243. The number of fused-ring (bicyclic) bond motifs is 1. The van der Waals surface area contributed by atoms with Gasteiger partial charge in [-0.25, -0.2) is 4.98 Å². The molecule has 0 aliphatic rings. The fourth-order valence-corrected chi connectivity index (χ4v) is 4.98. The maximum atomic E-state index is 13.1. The van der Waals surface area contributed by atoms with Crippen molar-refractivity contribution >= 4 is 33.3 Å². The lowest BCUT2D eigenvalue weighted by Gasteiger charge is -2.10. The summed E-state index contributed by atoms with van der Waals surface area (Å²) < 4.78 is 6.83. The number of allylic oxidation sites excluding steroid dienone is 1. The number of rotatable bonds is 8. The zero-order chi connectivity index (χ0) is 18.5. The van der Waals surface area contributed by atoms with Crippen LogP contribution in [-0.4, -0.2) is 29.0 Å². The van der Waals surface area contributed by atoms with E-state index < -0.39 is 0 Å². The minimum absolute atomic E-state index is 0.0140. The van der Waals surface area contributed by atoms with Crippen LogP contribution in [0, 0.1) is 6.92 Å². The summed E-state index contributed by atoms with van der Waals surface area (Å²) in [5.74, 6) is 0.860. The van der Waals surface area contributed by atoms with Crippen LogP contribution in [0.4, 0.5) is 0 Å². The van der Waals surface area contributed by atoms with Gasteiger partial charge in [-0.05, 0) is 24.5 Å². The summed E-state index contributed by atoms with van der Waals surface area (Å²) in [5, 5.41) is 1.47. The first-order valence-corrected chi connectivity index (χ1v) is 10.3. The summed E-state index contributed by atoms with van der Waals surface area (Å²) in [6.45, 7) is 6.97. The Kier molecular flexibility index (Phi) is 6.29. The van der Waals surface area contributed by atoms with Gasteiger partial charge in [-0.15, -0.1) is 17.9 Å². The summed E-state index contributed by atoms with van der Waals surface area (Å²) in [6.07, 6.45) is 2.66. The maximum absolute atomic E-state index is 13.1. The van der Waals surface area contributed by atoms with Crippen molar-refractivity contribution in [3.05, 3.63) is 58.9 Å². The molecule has 1 aromatic carbocycles. The molecule has 2 heterocycles. The number of methoxy groups -OCH3 is 1. The first kappa shape index (κ1) is 18.9. The highest BCUT2D eigenvalue weighted by Gasteiger charge is 2.18. The van der Waals surface area contributed by atoms with Gasteiger partial charge in [0.2, 0.25) is 0 Å². The zero-order valence-electron chi connectivity index (χ0n) is 15.0. The molecule has 26 heavy (non-hydrogen) atoms. The Morgan fingerprint density at radius 2 is 2.12 bits per heavy atom. The number of ether oxygens (including phenoxy) is 1. The van der Waals surface area contributed by atoms with E-state index in [-0.39, 0.29) is 5.56 Å². The Morgan fingerprint density at radius 3 is 2.81 bits per heavy atom. The molecule has 136 valence electrons. The minimum atomic E-state index is 0.0140. The molecule has 0 aliphatic heterocycles. The molecule has 3 aromatic rings. The van der Waals surface area contributed by atoms with Gasteiger partial charge in [0.1, 0.15) is 4.83 Å². The predicted octanol–water partition coefficient (Wildman–Crippen LogP) is 4.75. The van der Waals surface area contributed by atoms with Crippen LogP contribution < -0.4 is 5.56 Å². The van der Waals surface area contributed by atoms with Crippen LogP contribution >= 0.6 is 23.1 Å². The zero-order valence-corrected chi connectivity index (χ0v) is 16.7. The average Bonchev–Trinajstić information content (AvgIpc) is 2.99. The van der Waals surface area contributed by atoms with Crippen molar-refractivity contribution in [2.45, 2.75) is 25.0 Å². The standard InChI is InChI=1S/C20H22N2O2S2/c1-4-11-22-19(23)16-14(2)17(15-9-6-5-7-10-15)26-18(16)21-20(22)25-13-8-12-24-3/h4-7,9-10H,1,8,11-13H2,2-3H3. The second-order valence-corrected chi connectivity index (χ2v) is 7.96. The summed E-state index contributed by atoms with van der Waals surface area (Å²) >= 11 is 3.19. The highest BCUT2D eigenvalue weighted by molar-refractivity contribution is 7.99. The molecule has 0 fully saturated rings. The average molecular weight is 387 g/mol. The Bertz CT molecular complexity index is 961. The Labute approximate surface area is 161 Å². The lowest BCUT2D eigenvalue weighted by Crippen LogP contribution is -2.22. The Hall–Kier alpha value is -1.89. The van der Waals surface area contributed by atoms with Crippen LogP contribution in [-0.2, 0) is 11.3 Å². The lowest BCUT2D eigenvalue weighted by molar-refractivity contribution is 0.200. The first-order valence-electron chi connectivity index (χ1n) is 8.49. The fraction of sp³-hybridized carbons (Fsp3) is 0.300. The van der Waals surface area contributed by atoms with E-state index in [1.807, 2.05) is 25.1 Å². The van der Waals surface area contributed by atoms with E-state index in [4.69, 9.17) is 9.72 Å². The van der Waals surface area contributed by atoms with Crippen molar-refractivity contribution in [1.82, 2.24) is 9.55 Å². The molecule has 0 unspecified atom stereocenters. The van der Waals surface area contributed by atoms with Crippen LogP contribution in [0.1, 0.15) is 12.0 Å². The fourth-order valence-electron chi connectivity index (χ4n) is 2.83. The van der Waals surface area contributed by atoms with Crippen LogP contribution in [0.2, 0.25) is 0 Å². The van der Waals surface area contributed by atoms with Crippen molar-refractivity contribution in [2.75, 3.05) is 19.5 Å². The summed E-state index contributed by atoms with van der Waals surface area (Å²) in [7, 11) is 1.70. The monoisotopic (exact) mass is 386 g/mol. The van der Waals surface area contributed by atoms with Crippen LogP contribution in [0.15, 0.2) is 52.9 Å². The molecule has 0 N–H and O–H groups in total. The molecule has 0 bridgehead atoms. The molecule has 0 saturated heterocycles. The molecule has 3 rings (SSSR count). The van der Waals surface area contributed by atoms with E-state index in [1.54, 1.807) is 40.9 Å². The van der Waals surface area contributed by atoms with Gasteiger partial charge in [0, 0.05) is 30.9 Å². The van der Waals surface area contributed by atoms with Gasteiger partial charge in [-0.3, -0.25) is 9.36 Å². The molecule has 0 saturated carbocycles. The third-order valence-corrected chi connectivity index (χ3v) is 6.38. The van der Waals surface area contributed by atoms with E-state index >= 15 is 0 Å². The lowest BCUT2D eigenvalue weighted by atomic mass is 10.1. The molecular weight excluding hydrogens is 364 g/mol. The summed E-state index contributed by atoms with van der Waals surface area (Å²) in [6, 6.07) is 10.2. The smallest absolute Gasteiger partial charge is 0.263 e. The molecule has 2 aromatic heterocycles. The van der Waals surface area contributed by atoms with E-state index in [0.29, 0.717) is 13.2 Å². The number of thiophene rings is 1. The van der Waals surface area contributed by atoms with Gasteiger partial charge in [0.15, 0.2) is 5.16 Å². The van der Waals surface area contributed by atoms with E-state index in [9.17, 15) is 4.79 Å². The van der Waals surface area contributed by atoms with Gasteiger partial charge >= 0.3 is 0 Å². The van der Waals surface area contributed by atoms with E-state index in [1.165, 1.54) is 0 Å². The molecule has 6 heteroatoms. The predicted molar refractivity (Wildman–Crippen MR) is 111 cm³/mol. The number of aromatic nitrogens is 2. The molecule has 4 nitrogen and oxygen atoms in total. The molecule has 0 spiro atoms. The molecular formula is C20H22N2O2S2. The van der Waals surface area contributed by atoms with Crippen LogP contribution in [0.3, 0.4) is 0 Å². The highest BCUT2D eigenvalue weighted by Crippen LogP contribution is 2.36. The number of thioether (sulfide) groups is 1. The molecule has 0 amide bonds. The Morgan fingerprint density at radius 1 is 1.35 bits per heavy atom. The van der Waals surface area contributed by atoms with Crippen LogP contribution in [0.5, 0.6) is 0 Å². The second-order valence-electron chi connectivity index (χ2n) is 5.90. The van der Waals surface area contributed by atoms with Gasteiger partial charge in [0.05, 0.1) is 5.39 Å². The van der Waals surface area contributed by atoms with Crippen molar-refractivity contribution in [2.24, 2.45) is 0 Å². The minimum Gasteiger partial charge on any atom is -0.385 e. The number of hydrogen-bond acceptors (Lipinski definition) is 5. The normalized spacial score (nSPS) is 11.2. The van der Waals surface area contributed by atoms with E-state index in [2.05, 4.69) is 18.7 Å². The molecule has 0 atom stereocenters. The third-order valence-electron chi connectivity index (χ3n) is 4.09. The summed E-state index contributed by atoms with van der Waals surface area (Å²) in [5.41, 5.74) is 2.14. The van der Waals surface area contributed by atoms with Gasteiger partial charge in [-0.1, -0.05) is 48.2 Å². The summed E-state index contributed by atoms with van der Waals surface area (Å²) in [4.78, 5) is 19.9. The van der Waals surface area contributed by atoms with Gasteiger partial charge in [-0.2, -0.15) is 0 Å². The Balaban J connectivity index is 2.10. The first-order chi connectivity index (χ1) is 12.7. The topological polar surface area (TPSA) is 44.1 Å². The number of nitrogens with zero attached hydrogens (tertiary/aromatic N) is 2. The van der Waals surface area contributed by atoms with Gasteiger partial charge in [0.25, 0.3) is 5.56 Å². The highest BCUT2D eigenvalue weighted by atomic mass is 32.2.